The molecule has 0 bridgehead atoms. The van der Waals surface area contributed by atoms with E-state index in [9.17, 15) is 0 Å². The molecule has 0 aliphatic carbocycles. The average Bonchev–Trinajstić information content (AvgIpc) is 2.49. The van der Waals surface area contributed by atoms with Gasteiger partial charge in [0.2, 0.25) is 5.13 Å². The number of nitrogens with zero attached hydrogens (tertiary/aromatic N) is 3. The van der Waals surface area contributed by atoms with Crippen LogP contribution in [0.1, 0.15) is 12.7 Å². The van der Waals surface area contributed by atoms with Crippen LogP contribution in [0.3, 0.4) is 0 Å². The maximum Gasteiger partial charge on any atom is 0.231 e. The first-order valence-corrected chi connectivity index (χ1v) is 5.45. The highest BCUT2D eigenvalue weighted by atomic mass is 32.2. The van der Waals surface area contributed by atoms with Crippen LogP contribution in [0.15, 0.2) is 17.3 Å². The van der Waals surface area contributed by atoms with Gasteiger partial charge in [-0.2, -0.15) is 9.37 Å². The summed E-state index contributed by atoms with van der Waals surface area (Å²) in [5.41, 5.74) is 0.780. The minimum absolute atomic E-state index is 0.564. The third-order valence-electron chi connectivity index (χ3n) is 1.15. The van der Waals surface area contributed by atoms with Crippen molar-refractivity contribution in [3.05, 3.63) is 18.1 Å². The van der Waals surface area contributed by atoms with Crippen molar-refractivity contribution < 1.29 is 0 Å². The van der Waals surface area contributed by atoms with Crippen LogP contribution < -0.4 is 10.5 Å². The first-order chi connectivity index (χ1) is 6.61. The van der Waals surface area contributed by atoms with Gasteiger partial charge in [-0.15, -0.1) is 0 Å². The minimum atomic E-state index is 0.564. The van der Waals surface area contributed by atoms with E-state index in [-0.39, 0.29) is 0 Å². The summed E-state index contributed by atoms with van der Waals surface area (Å²) in [5, 5.41) is 9.48. The lowest BCUT2D eigenvalue weighted by Gasteiger charge is -2.03. The van der Waals surface area contributed by atoms with Gasteiger partial charge in [0.1, 0.15) is 5.82 Å². The molecule has 1 aromatic heterocycles. The number of hydrogen-bond acceptors (Lipinski definition) is 6. The molecule has 0 radical (unpaired) electrons. The van der Waals surface area contributed by atoms with Gasteiger partial charge in [-0.1, -0.05) is 6.58 Å². The summed E-state index contributed by atoms with van der Waals surface area (Å²) in [6, 6.07) is 0. The van der Waals surface area contributed by atoms with Crippen molar-refractivity contribution in [3.63, 3.8) is 0 Å². The zero-order valence-corrected chi connectivity index (χ0v) is 9.58. The fraction of sp³-hybridized carbons (Fsp3) is 0.286. The first kappa shape index (κ1) is 11.2. The standard InChI is InChI=1S/C7H11N5S2/c1-4(2)9-6(13-8)11-7-10-5(3)12-14-7/h1,8H2,2-3H3,(H,9,10,11,12). The van der Waals surface area contributed by atoms with Crippen molar-refractivity contribution in [2.24, 2.45) is 10.1 Å². The van der Waals surface area contributed by atoms with E-state index >= 15 is 0 Å². The molecule has 0 aliphatic heterocycles. The Kier molecular flexibility index (Phi) is 4.05. The van der Waals surface area contributed by atoms with Crippen LogP contribution >= 0.6 is 23.5 Å². The molecule has 0 atom stereocenters. The molecule has 76 valence electrons. The Hall–Kier alpha value is -0.920. The number of aryl methyl sites for hydroxylation is 1. The molecule has 0 saturated carbocycles. The fourth-order valence-corrected chi connectivity index (χ4v) is 1.67. The highest BCUT2D eigenvalue weighted by molar-refractivity contribution is 8.11. The Morgan fingerprint density at radius 2 is 2.43 bits per heavy atom. The van der Waals surface area contributed by atoms with Gasteiger partial charge in [0.05, 0.1) is 0 Å². The lowest BCUT2D eigenvalue weighted by atomic mass is 10.6. The third-order valence-corrected chi connectivity index (χ3v) is 2.26. The summed E-state index contributed by atoms with van der Waals surface area (Å²) < 4.78 is 4.01. The molecule has 14 heavy (non-hydrogen) atoms. The van der Waals surface area contributed by atoms with Gasteiger partial charge >= 0.3 is 0 Å². The molecule has 0 spiro atoms. The van der Waals surface area contributed by atoms with Gasteiger partial charge in [-0.3, -0.25) is 5.14 Å². The highest BCUT2D eigenvalue weighted by Gasteiger charge is 2.01. The summed E-state index contributed by atoms with van der Waals surface area (Å²) in [7, 11) is 0. The average molecular weight is 229 g/mol. The molecule has 3 N–H and O–H groups in total. The number of nitrogens with two attached hydrogens (primary N) is 1. The van der Waals surface area contributed by atoms with Gasteiger partial charge in [-0.05, 0) is 25.8 Å². The summed E-state index contributed by atoms with van der Waals surface area (Å²) in [6.45, 7) is 7.34. The van der Waals surface area contributed by atoms with Gasteiger partial charge < -0.3 is 5.32 Å². The Labute approximate surface area is 90.8 Å². The van der Waals surface area contributed by atoms with Crippen molar-refractivity contribution in [1.82, 2.24) is 14.7 Å². The fourth-order valence-electron chi connectivity index (χ4n) is 0.685. The molecule has 7 heteroatoms. The lowest BCUT2D eigenvalue weighted by Crippen LogP contribution is -2.18. The molecule has 0 aliphatic rings. The second-order valence-electron chi connectivity index (χ2n) is 2.56. The van der Waals surface area contributed by atoms with Crippen LogP contribution in [0, 0.1) is 6.92 Å². The lowest BCUT2D eigenvalue weighted by molar-refractivity contribution is 1.13. The molecular formula is C7H11N5S2. The summed E-state index contributed by atoms with van der Waals surface area (Å²) >= 11 is 2.25. The largest absolute Gasteiger partial charge is 0.338 e. The van der Waals surface area contributed by atoms with Crippen LogP contribution in [0.5, 0.6) is 0 Å². The predicted molar refractivity (Wildman–Crippen MR) is 61.5 cm³/mol. The van der Waals surface area contributed by atoms with E-state index in [1.807, 2.05) is 13.8 Å². The molecular weight excluding hydrogens is 218 g/mol. The zero-order chi connectivity index (χ0) is 10.6. The van der Waals surface area contributed by atoms with Crippen molar-refractivity contribution in [3.8, 4) is 0 Å². The number of amidine groups is 1. The maximum atomic E-state index is 5.41. The Morgan fingerprint density at radius 1 is 1.71 bits per heavy atom. The second-order valence-corrected chi connectivity index (χ2v) is 3.92. The van der Waals surface area contributed by atoms with Gasteiger partial charge in [0, 0.05) is 17.2 Å². The Bertz CT molecular complexity index is 357. The van der Waals surface area contributed by atoms with Crippen LogP contribution in [-0.2, 0) is 0 Å². The number of hydrogen-bond donors (Lipinski definition) is 2. The molecule has 0 saturated heterocycles. The van der Waals surface area contributed by atoms with Crippen molar-refractivity contribution in [2.75, 3.05) is 0 Å². The molecule has 0 aromatic carbocycles. The molecule has 0 unspecified atom stereocenters. The smallest absolute Gasteiger partial charge is 0.231 e. The molecule has 1 aromatic rings. The van der Waals surface area contributed by atoms with Crippen LogP contribution in [0.2, 0.25) is 0 Å². The molecule has 1 heterocycles. The number of nitrogens with one attached hydrogen (secondary N) is 1. The molecule has 5 nitrogen and oxygen atoms in total. The highest BCUT2D eigenvalue weighted by Crippen LogP contribution is 2.15. The van der Waals surface area contributed by atoms with Crippen molar-refractivity contribution >= 4 is 33.8 Å². The maximum absolute atomic E-state index is 5.41. The van der Waals surface area contributed by atoms with E-state index in [4.69, 9.17) is 5.14 Å². The van der Waals surface area contributed by atoms with Gasteiger partial charge in [-0.25, -0.2) is 4.98 Å². The van der Waals surface area contributed by atoms with E-state index in [2.05, 4.69) is 26.2 Å². The predicted octanol–water partition coefficient (Wildman–Crippen LogP) is 1.56. The first-order valence-electron chi connectivity index (χ1n) is 3.80. The molecule has 0 amide bonds. The van der Waals surface area contributed by atoms with Crippen LogP contribution in [-0.4, -0.2) is 14.5 Å². The van der Waals surface area contributed by atoms with Crippen LogP contribution in [0.4, 0.5) is 5.13 Å². The third kappa shape index (κ3) is 3.44. The van der Waals surface area contributed by atoms with E-state index in [1.54, 1.807) is 0 Å². The molecule has 1 rings (SSSR count). The SMILES string of the molecule is C=C(C)NC(=Nc1nc(C)ns1)SN. The number of aliphatic imine (C=N–C) groups is 1. The topological polar surface area (TPSA) is 76.2 Å². The summed E-state index contributed by atoms with van der Waals surface area (Å²) in [6.07, 6.45) is 0. The summed E-state index contributed by atoms with van der Waals surface area (Å²) in [5.74, 6) is 0.713. The second kappa shape index (κ2) is 5.08. The van der Waals surface area contributed by atoms with E-state index < -0.39 is 0 Å². The quantitative estimate of drug-likeness (QED) is 0.457. The van der Waals surface area contributed by atoms with Gasteiger partial charge in [0.15, 0.2) is 5.17 Å². The monoisotopic (exact) mass is 229 g/mol. The Balaban J connectivity index is 2.77. The number of aromatic nitrogens is 2. The normalized spacial score (nSPS) is 11.5. The molecule has 0 fully saturated rings. The van der Waals surface area contributed by atoms with E-state index in [1.165, 1.54) is 11.5 Å². The summed E-state index contributed by atoms with van der Waals surface area (Å²) in [4.78, 5) is 8.25. The van der Waals surface area contributed by atoms with Gasteiger partial charge in [0.25, 0.3) is 0 Å². The number of rotatable bonds is 2. The number of allylic oxidation sites excluding steroid dienone is 1. The minimum Gasteiger partial charge on any atom is -0.338 e. The van der Waals surface area contributed by atoms with Crippen molar-refractivity contribution in [2.45, 2.75) is 13.8 Å². The zero-order valence-electron chi connectivity index (χ0n) is 7.94. The van der Waals surface area contributed by atoms with Crippen molar-refractivity contribution in [1.29, 1.82) is 0 Å². The Morgan fingerprint density at radius 3 is 2.86 bits per heavy atom. The van der Waals surface area contributed by atoms with E-state index in [0.29, 0.717) is 16.1 Å². The van der Waals surface area contributed by atoms with E-state index in [0.717, 1.165) is 17.6 Å². The van der Waals surface area contributed by atoms with Crippen LogP contribution in [0.25, 0.3) is 0 Å².